The van der Waals surface area contributed by atoms with Crippen LogP contribution in [0.2, 0.25) is 5.02 Å². The molecule has 0 spiro atoms. The molecule has 1 aromatic heterocycles. The van der Waals surface area contributed by atoms with E-state index in [-0.39, 0.29) is 22.7 Å². The predicted octanol–water partition coefficient (Wildman–Crippen LogP) is 3.32. The highest BCUT2D eigenvalue weighted by molar-refractivity contribution is 7.99. The fourth-order valence-electron chi connectivity index (χ4n) is 1.90. The van der Waals surface area contributed by atoms with E-state index in [2.05, 4.69) is 10.2 Å². The third-order valence-corrected chi connectivity index (χ3v) is 4.82. The van der Waals surface area contributed by atoms with Crippen molar-refractivity contribution in [2.75, 3.05) is 14.1 Å². The van der Waals surface area contributed by atoms with Crippen LogP contribution in [0, 0.1) is 12.7 Å². The molecule has 0 N–H and O–H groups in total. The summed E-state index contributed by atoms with van der Waals surface area (Å²) in [6.07, 6.45) is 0. The first-order valence-corrected chi connectivity index (χ1v) is 8.27. The average Bonchev–Trinajstić information content (AvgIpc) is 2.82. The van der Waals surface area contributed by atoms with Gasteiger partial charge in [-0.1, -0.05) is 29.4 Å². The Morgan fingerprint density at radius 2 is 2.13 bits per heavy atom. The summed E-state index contributed by atoms with van der Waals surface area (Å²) in [4.78, 5) is 13.5. The molecule has 8 heteroatoms. The maximum atomic E-state index is 13.3. The Hall–Kier alpha value is -1.60. The summed E-state index contributed by atoms with van der Waals surface area (Å²) in [7, 11) is 3.41. The van der Waals surface area contributed by atoms with E-state index in [1.54, 1.807) is 37.7 Å². The van der Waals surface area contributed by atoms with E-state index in [0.29, 0.717) is 11.0 Å². The Bertz CT molecular complexity index is 719. The molecule has 0 aliphatic carbocycles. The predicted molar refractivity (Wildman–Crippen MR) is 89.1 cm³/mol. The molecule has 23 heavy (non-hydrogen) atoms. The topological polar surface area (TPSA) is 51.0 Å². The molecule has 2 aromatic rings. The molecule has 0 radical (unpaired) electrons. The van der Waals surface area contributed by atoms with E-state index in [9.17, 15) is 9.18 Å². The van der Waals surface area contributed by atoms with Crippen molar-refractivity contribution in [3.63, 3.8) is 0 Å². The van der Waals surface area contributed by atoms with Gasteiger partial charge in [0.2, 0.25) is 5.91 Å². The number of hydrogen-bond acceptors (Lipinski definition) is 4. The van der Waals surface area contributed by atoms with E-state index >= 15 is 0 Å². The first kappa shape index (κ1) is 17.7. The number of thioether (sulfide) groups is 1. The highest BCUT2D eigenvalue weighted by Crippen LogP contribution is 2.35. The second-order valence-corrected chi connectivity index (χ2v) is 7.05. The van der Waals surface area contributed by atoms with Crippen LogP contribution in [0.4, 0.5) is 4.39 Å². The highest BCUT2D eigenvalue weighted by Gasteiger charge is 2.18. The second kappa shape index (κ2) is 7.31. The summed E-state index contributed by atoms with van der Waals surface area (Å²) >= 11 is 7.28. The van der Waals surface area contributed by atoms with Crippen LogP contribution in [-0.4, -0.2) is 39.7 Å². The minimum Gasteiger partial charge on any atom is -0.347 e. The molecule has 0 aliphatic heterocycles. The van der Waals surface area contributed by atoms with Gasteiger partial charge < -0.3 is 4.90 Å². The number of benzene rings is 1. The van der Waals surface area contributed by atoms with E-state index < -0.39 is 5.82 Å². The minimum atomic E-state index is -0.441. The van der Waals surface area contributed by atoms with Crippen molar-refractivity contribution in [1.29, 1.82) is 0 Å². The van der Waals surface area contributed by atoms with Crippen LogP contribution >= 0.6 is 23.4 Å². The van der Waals surface area contributed by atoms with Gasteiger partial charge in [0.05, 0.1) is 5.02 Å². The second-order valence-electron chi connectivity index (χ2n) is 5.34. The summed E-state index contributed by atoms with van der Waals surface area (Å²) in [5.41, 5.74) is 0.882. The highest BCUT2D eigenvalue weighted by atomic mass is 35.5. The number of carbonyl (C=O) groups excluding carboxylic acids is 1. The molecular weight excluding hydrogens is 339 g/mol. The standard InChI is InChI=1S/C15H18ClFN4OS/c1-9(11-5-6-13(17)12(16)7-11)23-15-19-18-10(2)21(15)8-14(22)20(3)4/h5-7,9H,8H2,1-4H3/t9-/m1/s1. The van der Waals surface area contributed by atoms with E-state index in [0.717, 1.165) is 5.56 Å². The molecule has 2 rings (SSSR count). The first-order valence-electron chi connectivity index (χ1n) is 7.01. The number of likely N-dealkylation sites (N-methyl/N-ethyl adjacent to an activating group) is 1. The van der Waals surface area contributed by atoms with Crippen LogP contribution in [0.15, 0.2) is 23.4 Å². The van der Waals surface area contributed by atoms with Crippen LogP contribution in [-0.2, 0) is 11.3 Å². The van der Waals surface area contributed by atoms with Crippen molar-refractivity contribution in [1.82, 2.24) is 19.7 Å². The van der Waals surface area contributed by atoms with Crippen molar-refractivity contribution in [3.05, 3.63) is 40.4 Å². The molecule has 1 heterocycles. The minimum absolute atomic E-state index is 0.00934. The van der Waals surface area contributed by atoms with Gasteiger partial charge in [0.1, 0.15) is 18.2 Å². The maximum Gasteiger partial charge on any atom is 0.242 e. The summed E-state index contributed by atoms with van der Waals surface area (Å²) in [5, 5.41) is 8.90. The van der Waals surface area contributed by atoms with Gasteiger partial charge in [-0.15, -0.1) is 10.2 Å². The molecule has 0 saturated heterocycles. The third kappa shape index (κ3) is 4.23. The number of hydrogen-bond donors (Lipinski definition) is 0. The number of rotatable bonds is 5. The van der Waals surface area contributed by atoms with Gasteiger partial charge in [-0.05, 0) is 31.5 Å². The summed E-state index contributed by atoms with van der Waals surface area (Å²) < 4.78 is 15.0. The van der Waals surface area contributed by atoms with Crippen LogP contribution < -0.4 is 0 Å². The number of aromatic nitrogens is 3. The van der Waals surface area contributed by atoms with Crippen molar-refractivity contribution < 1.29 is 9.18 Å². The molecule has 0 saturated carbocycles. The smallest absolute Gasteiger partial charge is 0.242 e. The number of halogens is 2. The average molecular weight is 357 g/mol. The van der Waals surface area contributed by atoms with Crippen molar-refractivity contribution in [2.45, 2.75) is 30.8 Å². The molecule has 5 nitrogen and oxygen atoms in total. The molecule has 1 amide bonds. The van der Waals surface area contributed by atoms with Crippen molar-refractivity contribution >= 4 is 29.3 Å². The summed E-state index contributed by atoms with van der Waals surface area (Å²) in [6, 6.07) is 4.64. The monoisotopic (exact) mass is 356 g/mol. The van der Waals surface area contributed by atoms with E-state index in [1.807, 2.05) is 6.92 Å². The molecule has 0 fully saturated rings. The third-order valence-electron chi connectivity index (χ3n) is 3.39. The SMILES string of the molecule is Cc1nnc(S[C@H](C)c2ccc(F)c(Cl)c2)n1CC(=O)N(C)C. The van der Waals surface area contributed by atoms with Gasteiger partial charge in [0.15, 0.2) is 5.16 Å². The zero-order valence-corrected chi connectivity index (χ0v) is 15.0. The van der Waals surface area contributed by atoms with Gasteiger partial charge in [-0.3, -0.25) is 9.36 Å². The van der Waals surface area contributed by atoms with Gasteiger partial charge in [-0.25, -0.2) is 4.39 Å². The van der Waals surface area contributed by atoms with Crippen LogP contribution in [0.3, 0.4) is 0 Å². The summed E-state index contributed by atoms with van der Waals surface area (Å²) in [6.45, 7) is 3.96. The Kier molecular flexibility index (Phi) is 5.64. The fourth-order valence-corrected chi connectivity index (χ4v) is 3.10. The van der Waals surface area contributed by atoms with Crippen LogP contribution in [0.1, 0.15) is 23.6 Å². The van der Waals surface area contributed by atoms with Gasteiger partial charge in [-0.2, -0.15) is 0 Å². The van der Waals surface area contributed by atoms with Crippen molar-refractivity contribution in [2.24, 2.45) is 0 Å². The Morgan fingerprint density at radius 3 is 2.74 bits per heavy atom. The quantitative estimate of drug-likeness (QED) is 0.771. The Morgan fingerprint density at radius 1 is 1.43 bits per heavy atom. The summed E-state index contributed by atoms with van der Waals surface area (Å²) in [5.74, 6) is 0.197. The van der Waals surface area contributed by atoms with E-state index in [4.69, 9.17) is 11.6 Å². The van der Waals surface area contributed by atoms with Crippen LogP contribution in [0.5, 0.6) is 0 Å². The molecular formula is C15H18ClFN4OS. The Labute approximate surface area is 143 Å². The number of aryl methyl sites for hydroxylation is 1. The molecule has 0 unspecified atom stereocenters. The van der Waals surface area contributed by atoms with Gasteiger partial charge >= 0.3 is 0 Å². The molecule has 0 bridgehead atoms. The lowest BCUT2D eigenvalue weighted by Gasteiger charge is -2.15. The lowest BCUT2D eigenvalue weighted by atomic mass is 10.2. The number of amides is 1. The van der Waals surface area contributed by atoms with E-state index in [1.165, 1.54) is 22.7 Å². The fraction of sp³-hybridized carbons (Fsp3) is 0.400. The Balaban J connectivity index is 2.19. The zero-order chi connectivity index (χ0) is 17.1. The lowest BCUT2D eigenvalue weighted by molar-refractivity contribution is -0.129. The molecule has 0 aliphatic rings. The lowest BCUT2D eigenvalue weighted by Crippen LogP contribution is -2.27. The zero-order valence-electron chi connectivity index (χ0n) is 13.4. The molecule has 124 valence electrons. The first-order chi connectivity index (χ1) is 10.8. The molecule has 1 aromatic carbocycles. The molecule has 1 atom stereocenters. The maximum absolute atomic E-state index is 13.3. The number of nitrogens with zero attached hydrogens (tertiary/aromatic N) is 4. The number of carbonyl (C=O) groups is 1. The normalized spacial score (nSPS) is 12.3. The van der Waals surface area contributed by atoms with Gasteiger partial charge in [0, 0.05) is 19.3 Å². The van der Waals surface area contributed by atoms with Crippen molar-refractivity contribution in [3.8, 4) is 0 Å². The largest absolute Gasteiger partial charge is 0.347 e. The van der Waals surface area contributed by atoms with Gasteiger partial charge in [0.25, 0.3) is 0 Å². The van der Waals surface area contributed by atoms with Crippen LogP contribution in [0.25, 0.3) is 0 Å².